The summed E-state index contributed by atoms with van der Waals surface area (Å²) >= 11 is 1.26. The predicted molar refractivity (Wildman–Crippen MR) is 194 cm³/mol. The Labute approximate surface area is 306 Å². The maximum Gasteiger partial charge on any atom is 0.345 e. The first-order valence-corrected chi connectivity index (χ1v) is 18.5. The molecule has 0 aliphatic carbocycles. The summed E-state index contributed by atoms with van der Waals surface area (Å²) < 4.78 is 16.9. The Morgan fingerprint density at radius 2 is 0.961 bits per heavy atom. The molecule has 51 heavy (non-hydrogen) atoms. The maximum atomic E-state index is 13.7. The summed E-state index contributed by atoms with van der Waals surface area (Å²) in [4.78, 5) is 75.1. The van der Waals surface area contributed by atoms with E-state index in [0.717, 1.165) is 10.4 Å². The highest BCUT2D eigenvalue weighted by atomic mass is 32.1. The quantitative estimate of drug-likeness (QED) is 0.293. The first-order chi connectivity index (χ1) is 23.5. The van der Waals surface area contributed by atoms with Crippen LogP contribution < -0.4 is 0 Å². The van der Waals surface area contributed by atoms with Crippen molar-refractivity contribution in [1.82, 2.24) is 24.5 Å². The molecule has 288 valence electrons. The summed E-state index contributed by atoms with van der Waals surface area (Å²) in [7, 11) is 0. The summed E-state index contributed by atoms with van der Waals surface area (Å²) in [6.07, 6.45) is 0.603. The van der Waals surface area contributed by atoms with E-state index in [0.29, 0.717) is 71.9 Å². The zero-order chi connectivity index (χ0) is 38.1. The Morgan fingerprint density at radius 3 is 1.29 bits per heavy atom. The molecule has 1 fully saturated rings. The van der Waals surface area contributed by atoms with Crippen molar-refractivity contribution in [2.75, 3.05) is 85.1 Å². The van der Waals surface area contributed by atoms with Gasteiger partial charge < -0.3 is 24.2 Å². The number of carboxylic acids is 1. The summed E-state index contributed by atoms with van der Waals surface area (Å²) in [5, 5.41) is 9.45. The second kappa shape index (κ2) is 18.1. The van der Waals surface area contributed by atoms with E-state index in [4.69, 9.17) is 14.2 Å². The molecule has 1 aromatic heterocycles. The lowest BCUT2D eigenvalue weighted by molar-refractivity contribution is -0.158. The molecule has 1 amide bonds. The fourth-order valence-corrected chi connectivity index (χ4v) is 6.82. The van der Waals surface area contributed by atoms with Gasteiger partial charge in [0.2, 0.25) is 5.91 Å². The third kappa shape index (κ3) is 16.0. The third-order valence-corrected chi connectivity index (χ3v) is 9.26. The van der Waals surface area contributed by atoms with Crippen molar-refractivity contribution in [2.45, 2.75) is 92.1 Å². The SMILES string of the molecule is CC(C)(C)OC(=O)CN1CCN(CC(=O)OC(C)(C)C)CCN(CC(=O)N2CCc3sc(C(=O)O)cc3C2)CCN(CC(=O)OC(C)(C)C)CC1. The number of carbonyl (C=O) groups is 5. The van der Waals surface area contributed by atoms with E-state index < -0.39 is 22.8 Å². The molecule has 0 spiro atoms. The second-order valence-corrected chi connectivity index (χ2v) is 17.4. The first kappa shape index (κ1) is 42.3. The van der Waals surface area contributed by atoms with Crippen molar-refractivity contribution < 1.29 is 43.3 Å². The van der Waals surface area contributed by atoms with Crippen molar-refractivity contribution >= 4 is 41.1 Å². The van der Waals surface area contributed by atoms with E-state index in [1.807, 2.05) is 81.9 Å². The Balaban J connectivity index is 1.81. The molecule has 1 N–H and O–H groups in total. The molecule has 0 aromatic carbocycles. The van der Waals surface area contributed by atoms with E-state index in [2.05, 4.69) is 0 Å². The van der Waals surface area contributed by atoms with Gasteiger partial charge in [0.1, 0.15) is 21.7 Å². The van der Waals surface area contributed by atoms with E-state index in [1.165, 1.54) is 11.3 Å². The van der Waals surface area contributed by atoms with Crippen LogP contribution in [0.25, 0.3) is 0 Å². The summed E-state index contributed by atoms with van der Waals surface area (Å²) in [6.45, 7) is 21.2. The average molecular weight is 738 g/mol. The lowest BCUT2D eigenvalue weighted by atomic mass is 10.1. The van der Waals surface area contributed by atoms with Crippen molar-refractivity contribution in [3.05, 3.63) is 21.4 Å². The maximum absolute atomic E-state index is 13.7. The van der Waals surface area contributed by atoms with Gasteiger partial charge in [0.15, 0.2) is 0 Å². The highest BCUT2D eigenvalue weighted by molar-refractivity contribution is 7.14. The third-order valence-electron chi connectivity index (χ3n) is 8.04. The van der Waals surface area contributed by atoms with Crippen LogP contribution in [0.15, 0.2) is 6.07 Å². The van der Waals surface area contributed by atoms with Crippen LogP contribution in [0.5, 0.6) is 0 Å². The van der Waals surface area contributed by atoms with Crippen molar-refractivity contribution in [1.29, 1.82) is 0 Å². The van der Waals surface area contributed by atoms with Gasteiger partial charge in [0.25, 0.3) is 0 Å². The first-order valence-electron chi connectivity index (χ1n) is 17.7. The molecular weight excluding hydrogens is 678 g/mol. The van der Waals surface area contributed by atoms with E-state index in [9.17, 15) is 29.1 Å². The van der Waals surface area contributed by atoms with E-state index >= 15 is 0 Å². The minimum Gasteiger partial charge on any atom is -0.477 e. The molecule has 1 aromatic rings. The lowest BCUT2D eigenvalue weighted by Crippen LogP contribution is -2.51. The fourth-order valence-electron chi connectivity index (χ4n) is 5.82. The van der Waals surface area contributed by atoms with Gasteiger partial charge in [-0.15, -0.1) is 11.3 Å². The predicted octanol–water partition coefficient (Wildman–Crippen LogP) is 2.58. The number of hydrogen-bond donors (Lipinski definition) is 1. The van der Waals surface area contributed by atoms with Gasteiger partial charge in [0, 0.05) is 70.3 Å². The van der Waals surface area contributed by atoms with Crippen LogP contribution in [-0.2, 0) is 46.4 Å². The van der Waals surface area contributed by atoms with Crippen LogP contribution in [0.4, 0.5) is 0 Å². The highest BCUT2D eigenvalue weighted by Gasteiger charge is 2.28. The van der Waals surface area contributed by atoms with Crippen molar-refractivity contribution in [3.63, 3.8) is 0 Å². The summed E-state index contributed by atoms with van der Waals surface area (Å²) in [5.41, 5.74) is -1.07. The van der Waals surface area contributed by atoms with E-state index in [1.54, 1.807) is 11.0 Å². The number of amides is 1. The van der Waals surface area contributed by atoms with Gasteiger partial charge in [-0.25, -0.2) is 4.79 Å². The molecule has 1 saturated heterocycles. The van der Waals surface area contributed by atoms with Crippen LogP contribution in [-0.4, -0.2) is 161 Å². The molecular formula is C36H59N5O9S. The number of carboxylic acid groups (broad SMARTS) is 1. The molecule has 14 nitrogen and oxygen atoms in total. The molecule has 0 radical (unpaired) electrons. The molecule has 3 rings (SSSR count). The zero-order valence-corrected chi connectivity index (χ0v) is 32.9. The molecule has 0 saturated carbocycles. The number of hydrogen-bond acceptors (Lipinski definition) is 13. The largest absolute Gasteiger partial charge is 0.477 e. The minimum atomic E-state index is -0.966. The summed E-state index contributed by atoms with van der Waals surface area (Å²) in [6, 6.07) is 1.66. The Bertz CT molecular complexity index is 1330. The van der Waals surface area contributed by atoms with Crippen LogP contribution >= 0.6 is 11.3 Å². The second-order valence-electron chi connectivity index (χ2n) is 16.3. The number of rotatable bonds is 9. The van der Waals surface area contributed by atoms with E-state index in [-0.39, 0.29) is 54.9 Å². The fraction of sp³-hybridized carbons (Fsp3) is 0.750. The van der Waals surface area contributed by atoms with Crippen molar-refractivity contribution in [2.24, 2.45) is 0 Å². The van der Waals surface area contributed by atoms with Gasteiger partial charge in [0.05, 0.1) is 26.2 Å². The molecule has 0 bridgehead atoms. The molecule has 0 atom stereocenters. The Kier molecular flexibility index (Phi) is 15.0. The Hall–Kier alpha value is -3.11. The van der Waals surface area contributed by atoms with Crippen LogP contribution in [0.1, 0.15) is 82.4 Å². The standard InChI is InChI=1S/C36H59N5O9S/c1-34(2,3)48-30(43)23-38-14-12-37(22-29(42)41-11-10-27-26(21-41)20-28(51-27)33(46)47)13-15-39(24-31(44)49-35(4,5)6)17-19-40(18-16-38)25-32(45)50-36(7,8)9/h20H,10-19,21-25H2,1-9H3,(H,46,47). The Morgan fingerprint density at radius 1 is 0.608 bits per heavy atom. The van der Waals surface area contributed by atoms with Gasteiger partial charge in [-0.2, -0.15) is 0 Å². The van der Waals surface area contributed by atoms with Crippen LogP contribution in [0.3, 0.4) is 0 Å². The molecule has 15 heteroatoms. The minimum absolute atomic E-state index is 0.0447. The molecule has 2 aliphatic rings. The molecule has 3 heterocycles. The monoisotopic (exact) mass is 737 g/mol. The van der Waals surface area contributed by atoms with Gasteiger partial charge in [-0.3, -0.25) is 38.8 Å². The van der Waals surface area contributed by atoms with Gasteiger partial charge in [-0.1, -0.05) is 0 Å². The van der Waals surface area contributed by atoms with Crippen LogP contribution in [0.2, 0.25) is 0 Å². The highest BCUT2D eigenvalue weighted by Crippen LogP contribution is 2.28. The number of thiophene rings is 1. The number of fused-ring (bicyclic) bond motifs is 1. The number of esters is 3. The molecule has 2 aliphatic heterocycles. The van der Waals surface area contributed by atoms with Gasteiger partial charge in [-0.05, 0) is 80.4 Å². The topological polar surface area (TPSA) is 149 Å². The number of aromatic carboxylic acids is 1. The number of ether oxygens (including phenoxy) is 3. The normalized spacial score (nSPS) is 18.3. The van der Waals surface area contributed by atoms with Gasteiger partial charge >= 0.3 is 23.9 Å². The number of carbonyl (C=O) groups excluding carboxylic acids is 4. The molecule has 0 unspecified atom stereocenters. The van der Waals surface area contributed by atoms with Crippen molar-refractivity contribution in [3.8, 4) is 0 Å². The number of nitrogens with zero attached hydrogens (tertiary/aromatic N) is 5. The zero-order valence-electron chi connectivity index (χ0n) is 32.0. The van der Waals surface area contributed by atoms with Crippen LogP contribution in [0, 0.1) is 0 Å². The summed E-state index contributed by atoms with van der Waals surface area (Å²) in [5.74, 6) is -2.12. The average Bonchev–Trinajstić information content (AvgIpc) is 3.39. The smallest absolute Gasteiger partial charge is 0.345 e. The lowest BCUT2D eigenvalue weighted by Gasteiger charge is -2.35.